The number of benzene rings is 1. The Morgan fingerprint density at radius 1 is 1.25 bits per heavy atom. The number of hydrogen-bond acceptors (Lipinski definition) is 4. The summed E-state index contributed by atoms with van der Waals surface area (Å²) in [4.78, 5) is 11.3. The Labute approximate surface area is 97.5 Å². The summed E-state index contributed by atoms with van der Waals surface area (Å²) in [5.41, 5.74) is -1.30. The topological polar surface area (TPSA) is 67.4 Å². The summed E-state index contributed by atoms with van der Waals surface area (Å²) in [6.07, 6.45) is 0. The zero-order chi connectivity index (χ0) is 12.0. The van der Waals surface area contributed by atoms with E-state index >= 15 is 0 Å². The lowest BCUT2D eigenvalue weighted by atomic mass is 10.3. The van der Waals surface area contributed by atoms with Crippen molar-refractivity contribution >= 4 is 34.9 Å². The average Bonchev–Trinajstić information content (AvgIpc) is 2.26. The first-order valence-electron chi connectivity index (χ1n) is 3.99. The number of rotatable bonds is 0. The second-order valence-corrected chi connectivity index (χ2v) is 3.78. The van der Waals surface area contributed by atoms with Crippen molar-refractivity contribution < 1.29 is 14.8 Å². The zero-order valence-electron chi connectivity index (χ0n) is 7.52. The third-order valence-electron chi connectivity index (χ3n) is 2.04. The van der Waals surface area contributed by atoms with Crippen LogP contribution in [0.2, 0.25) is 5.02 Å². The van der Waals surface area contributed by atoms with Gasteiger partial charge in [0.1, 0.15) is 16.9 Å². The van der Waals surface area contributed by atoms with Gasteiger partial charge in [-0.1, -0.05) is 23.8 Å². The summed E-state index contributed by atoms with van der Waals surface area (Å²) >= 11 is 10.0. The molecule has 5 nitrogen and oxygen atoms in total. The molecule has 1 aromatic heterocycles. The standard InChI is InChI=1S/C8H4ClFN2O3S/c9-3-1-5-6(2-4(3)10)12(15)8(16)7(13)11(5)14/h1-2,14-15H. The molecule has 0 bridgehead atoms. The molecule has 0 aliphatic rings. The summed E-state index contributed by atoms with van der Waals surface area (Å²) in [5.74, 6) is -0.801. The molecule has 16 heavy (non-hydrogen) atoms. The van der Waals surface area contributed by atoms with Gasteiger partial charge in [-0.15, -0.1) is 4.73 Å². The van der Waals surface area contributed by atoms with E-state index in [9.17, 15) is 19.6 Å². The van der Waals surface area contributed by atoms with Crippen molar-refractivity contribution in [2.75, 3.05) is 0 Å². The molecule has 2 rings (SSSR count). The van der Waals surface area contributed by atoms with E-state index < -0.39 is 16.0 Å². The van der Waals surface area contributed by atoms with Gasteiger partial charge in [-0.2, -0.15) is 4.73 Å². The molecule has 0 unspecified atom stereocenters. The van der Waals surface area contributed by atoms with E-state index in [1.165, 1.54) is 0 Å². The third kappa shape index (κ3) is 1.36. The average molecular weight is 263 g/mol. The third-order valence-corrected chi connectivity index (χ3v) is 2.68. The van der Waals surface area contributed by atoms with E-state index in [1.54, 1.807) is 0 Å². The molecule has 0 radical (unpaired) electrons. The van der Waals surface area contributed by atoms with Crippen LogP contribution in [0.25, 0.3) is 11.0 Å². The van der Waals surface area contributed by atoms with Crippen LogP contribution in [0, 0.1) is 10.5 Å². The molecule has 8 heteroatoms. The minimum Gasteiger partial charge on any atom is -0.427 e. The van der Waals surface area contributed by atoms with Crippen LogP contribution < -0.4 is 5.56 Å². The quantitative estimate of drug-likeness (QED) is 0.561. The number of halogens is 2. The van der Waals surface area contributed by atoms with E-state index in [-0.39, 0.29) is 20.8 Å². The maximum absolute atomic E-state index is 13.1. The van der Waals surface area contributed by atoms with E-state index in [0.29, 0.717) is 4.73 Å². The maximum atomic E-state index is 13.1. The molecule has 84 valence electrons. The van der Waals surface area contributed by atoms with Gasteiger partial charge in [0.2, 0.25) is 4.64 Å². The highest BCUT2D eigenvalue weighted by atomic mass is 35.5. The Kier molecular flexibility index (Phi) is 2.36. The van der Waals surface area contributed by atoms with Crippen molar-refractivity contribution in [1.82, 2.24) is 9.46 Å². The van der Waals surface area contributed by atoms with Gasteiger partial charge in [0.05, 0.1) is 5.02 Å². The largest absolute Gasteiger partial charge is 0.427 e. The highest BCUT2D eigenvalue weighted by molar-refractivity contribution is 7.71. The lowest BCUT2D eigenvalue weighted by Gasteiger charge is -2.07. The predicted molar refractivity (Wildman–Crippen MR) is 56.4 cm³/mol. The fourth-order valence-electron chi connectivity index (χ4n) is 1.27. The summed E-state index contributed by atoms with van der Waals surface area (Å²) < 4.78 is 13.1. The second kappa shape index (κ2) is 3.46. The maximum Gasteiger partial charge on any atom is 0.321 e. The highest BCUT2D eigenvalue weighted by Crippen LogP contribution is 2.21. The summed E-state index contributed by atoms with van der Waals surface area (Å²) in [6.45, 7) is 0. The van der Waals surface area contributed by atoms with E-state index in [0.717, 1.165) is 12.1 Å². The van der Waals surface area contributed by atoms with Crippen molar-refractivity contribution in [3.05, 3.63) is 38.0 Å². The number of nitrogens with zero attached hydrogens (tertiary/aromatic N) is 2. The summed E-state index contributed by atoms with van der Waals surface area (Å²) in [7, 11) is 0. The first-order chi connectivity index (χ1) is 7.43. The Bertz CT molecular complexity index is 648. The van der Waals surface area contributed by atoms with Crippen LogP contribution in [-0.4, -0.2) is 19.9 Å². The fraction of sp³-hybridized carbons (Fsp3) is 0. The van der Waals surface area contributed by atoms with Gasteiger partial charge < -0.3 is 10.4 Å². The minimum atomic E-state index is -0.993. The van der Waals surface area contributed by atoms with Gasteiger partial charge in [0.25, 0.3) is 0 Å². The first kappa shape index (κ1) is 10.9. The van der Waals surface area contributed by atoms with E-state index in [1.807, 2.05) is 0 Å². The van der Waals surface area contributed by atoms with Gasteiger partial charge in [0, 0.05) is 6.07 Å². The van der Waals surface area contributed by atoms with Gasteiger partial charge in [-0.25, -0.2) is 4.39 Å². The molecule has 2 aromatic rings. The second-order valence-electron chi connectivity index (χ2n) is 2.99. The Morgan fingerprint density at radius 2 is 1.81 bits per heavy atom. The van der Waals surface area contributed by atoms with Crippen LogP contribution in [0.1, 0.15) is 0 Å². The Morgan fingerprint density at radius 3 is 2.44 bits per heavy atom. The van der Waals surface area contributed by atoms with Crippen molar-refractivity contribution in [3.63, 3.8) is 0 Å². The summed E-state index contributed by atoms with van der Waals surface area (Å²) in [5, 5.41) is 18.6. The molecule has 0 spiro atoms. The monoisotopic (exact) mass is 262 g/mol. The van der Waals surface area contributed by atoms with E-state index in [2.05, 4.69) is 12.2 Å². The Hall–Kier alpha value is -1.60. The van der Waals surface area contributed by atoms with Gasteiger partial charge in [-0.05, 0) is 6.07 Å². The van der Waals surface area contributed by atoms with Crippen molar-refractivity contribution in [2.24, 2.45) is 0 Å². The number of fused-ring (bicyclic) bond motifs is 1. The molecule has 0 atom stereocenters. The van der Waals surface area contributed by atoms with Crippen LogP contribution in [0.15, 0.2) is 16.9 Å². The smallest absolute Gasteiger partial charge is 0.321 e. The molecule has 0 fully saturated rings. The lowest BCUT2D eigenvalue weighted by molar-refractivity contribution is 0.161. The van der Waals surface area contributed by atoms with Crippen molar-refractivity contribution in [2.45, 2.75) is 0 Å². The molecule has 0 amide bonds. The van der Waals surface area contributed by atoms with Crippen LogP contribution in [0.4, 0.5) is 4.39 Å². The number of aromatic nitrogens is 2. The SMILES string of the molecule is O=c1c(=S)n(O)c2cc(F)c(Cl)cc2n1O. The van der Waals surface area contributed by atoms with Crippen molar-refractivity contribution in [3.8, 4) is 0 Å². The van der Waals surface area contributed by atoms with Crippen LogP contribution in [-0.2, 0) is 0 Å². The van der Waals surface area contributed by atoms with Gasteiger partial charge in [-0.3, -0.25) is 4.79 Å². The van der Waals surface area contributed by atoms with Crippen LogP contribution >= 0.6 is 23.8 Å². The molecular formula is C8H4ClFN2O3S. The zero-order valence-corrected chi connectivity index (χ0v) is 9.09. The Balaban J connectivity index is 3.15. The molecular weight excluding hydrogens is 259 g/mol. The first-order valence-corrected chi connectivity index (χ1v) is 4.77. The van der Waals surface area contributed by atoms with Gasteiger partial charge >= 0.3 is 5.56 Å². The molecule has 0 saturated carbocycles. The molecule has 2 N–H and O–H groups in total. The summed E-state index contributed by atoms with van der Waals surface area (Å²) in [6, 6.07) is 1.87. The highest BCUT2D eigenvalue weighted by Gasteiger charge is 2.12. The van der Waals surface area contributed by atoms with Crippen molar-refractivity contribution in [1.29, 1.82) is 0 Å². The van der Waals surface area contributed by atoms with Crippen LogP contribution in [0.3, 0.4) is 0 Å². The number of hydrogen-bond donors (Lipinski definition) is 2. The molecule has 1 aromatic carbocycles. The van der Waals surface area contributed by atoms with E-state index in [4.69, 9.17) is 11.6 Å². The minimum absolute atomic E-state index is 0.146. The lowest BCUT2D eigenvalue weighted by Crippen LogP contribution is -2.23. The molecule has 0 aliphatic heterocycles. The molecule has 0 aliphatic carbocycles. The fourth-order valence-corrected chi connectivity index (χ4v) is 1.61. The predicted octanol–water partition coefficient (Wildman–Crippen LogP) is 1.80. The molecule has 0 saturated heterocycles. The normalized spacial score (nSPS) is 10.9. The molecule has 1 heterocycles. The van der Waals surface area contributed by atoms with Crippen LogP contribution in [0.5, 0.6) is 0 Å². The van der Waals surface area contributed by atoms with Gasteiger partial charge in [0.15, 0.2) is 0 Å².